The van der Waals surface area contributed by atoms with E-state index in [0.29, 0.717) is 17.3 Å². The van der Waals surface area contributed by atoms with Gasteiger partial charge in [-0.15, -0.1) is 11.3 Å². The Kier molecular flexibility index (Phi) is 4.33. The van der Waals surface area contributed by atoms with Crippen molar-refractivity contribution in [3.63, 3.8) is 0 Å². The SMILES string of the molecule is COc1ccc(CNC(=O)c2ccc(Br)s2)cn1. The van der Waals surface area contributed by atoms with Gasteiger partial charge in [0.05, 0.1) is 15.8 Å². The average Bonchev–Trinajstić information content (AvgIpc) is 2.83. The maximum atomic E-state index is 11.8. The third kappa shape index (κ3) is 3.30. The van der Waals surface area contributed by atoms with E-state index in [4.69, 9.17) is 4.74 Å². The Morgan fingerprint density at radius 1 is 1.44 bits per heavy atom. The van der Waals surface area contributed by atoms with Gasteiger partial charge in [0.1, 0.15) is 0 Å². The molecule has 6 heteroatoms. The molecule has 0 spiro atoms. The first kappa shape index (κ1) is 13.0. The number of carbonyl (C=O) groups is 1. The highest BCUT2D eigenvalue weighted by atomic mass is 79.9. The number of methoxy groups -OCH3 is 1. The quantitative estimate of drug-likeness (QED) is 0.939. The lowest BCUT2D eigenvalue weighted by atomic mass is 10.3. The van der Waals surface area contributed by atoms with E-state index in [-0.39, 0.29) is 5.91 Å². The summed E-state index contributed by atoms with van der Waals surface area (Å²) in [6, 6.07) is 7.28. The van der Waals surface area contributed by atoms with Crippen molar-refractivity contribution < 1.29 is 9.53 Å². The molecule has 1 amide bonds. The summed E-state index contributed by atoms with van der Waals surface area (Å²) in [6.07, 6.45) is 1.68. The molecule has 0 saturated carbocycles. The van der Waals surface area contributed by atoms with Crippen LogP contribution in [-0.4, -0.2) is 18.0 Å². The van der Waals surface area contributed by atoms with E-state index in [9.17, 15) is 4.79 Å². The second-order valence-electron chi connectivity index (χ2n) is 3.50. The van der Waals surface area contributed by atoms with Crippen LogP contribution in [0.2, 0.25) is 0 Å². The smallest absolute Gasteiger partial charge is 0.261 e. The van der Waals surface area contributed by atoms with Crippen LogP contribution in [0, 0.1) is 0 Å². The van der Waals surface area contributed by atoms with E-state index < -0.39 is 0 Å². The van der Waals surface area contributed by atoms with Crippen LogP contribution in [-0.2, 0) is 6.54 Å². The maximum absolute atomic E-state index is 11.8. The van der Waals surface area contributed by atoms with E-state index in [1.165, 1.54) is 11.3 Å². The third-order valence-corrected chi connectivity index (χ3v) is 3.88. The highest BCUT2D eigenvalue weighted by molar-refractivity contribution is 9.11. The van der Waals surface area contributed by atoms with Gasteiger partial charge in [0, 0.05) is 18.8 Å². The number of carbonyl (C=O) groups excluding carboxylic acids is 1. The number of nitrogens with zero attached hydrogens (tertiary/aromatic N) is 1. The van der Waals surface area contributed by atoms with E-state index >= 15 is 0 Å². The number of nitrogens with one attached hydrogen (secondary N) is 1. The van der Waals surface area contributed by atoms with Gasteiger partial charge in [-0.25, -0.2) is 4.98 Å². The number of thiophene rings is 1. The molecule has 0 aliphatic rings. The van der Waals surface area contributed by atoms with Gasteiger partial charge in [0.15, 0.2) is 0 Å². The van der Waals surface area contributed by atoms with Crippen LogP contribution in [0.5, 0.6) is 5.88 Å². The van der Waals surface area contributed by atoms with Crippen LogP contribution in [0.15, 0.2) is 34.2 Å². The molecule has 4 nitrogen and oxygen atoms in total. The first-order valence-corrected chi connectivity index (χ1v) is 6.82. The number of amides is 1. The Balaban J connectivity index is 1.92. The fraction of sp³-hybridized carbons (Fsp3) is 0.167. The summed E-state index contributed by atoms with van der Waals surface area (Å²) >= 11 is 4.73. The molecule has 0 aliphatic heterocycles. The molecule has 94 valence electrons. The molecule has 0 aliphatic carbocycles. The van der Waals surface area contributed by atoms with Crippen molar-refractivity contribution in [3.8, 4) is 5.88 Å². The molecule has 0 saturated heterocycles. The molecule has 2 aromatic heterocycles. The Bertz CT molecular complexity index is 539. The van der Waals surface area contributed by atoms with Crippen molar-refractivity contribution >= 4 is 33.2 Å². The van der Waals surface area contributed by atoms with Crippen molar-refractivity contribution in [2.24, 2.45) is 0 Å². The predicted molar refractivity (Wildman–Crippen MR) is 74.0 cm³/mol. The summed E-state index contributed by atoms with van der Waals surface area (Å²) in [7, 11) is 1.57. The number of aromatic nitrogens is 1. The van der Waals surface area contributed by atoms with Gasteiger partial charge in [-0.1, -0.05) is 6.07 Å². The summed E-state index contributed by atoms with van der Waals surface area (Å²) in [5.41, 5.74) is 0.930. The van der Waals surface area contributed by atoms with Gasteiger partial charge in [-0.05, 0) is 33.6 Å². The Morgan fingerprint density at radius 2 is 2.28 bits per heavy atom. The zero-order valence-corrected chi connectivity index (χ0v) is 12.0. The van der Waals surface area contributed by atoms with E-state index in [1.54, 1.807) is 25.4 Å². The average molecular weight is 327 g/mol. The highest BCUT2D eigenvalue weighted by Gasteiger charge is 2.07. The van der Waals surface area contributed by atoms with Crippen LogP contribution in [0.25, 0.3) is 0 Å². The molecule has 2 rings (SSSR count). The monoisotopic (exact) mass is 326 g/mol. The minimum absolute atomic E-state index is 0.0819. The van der Waals surface area contributed by atoms with Crippen molar-refractivity contribution in [2.45, 2.75) is 6.54 Å². The summed E-state index contributed by atoms with van der Waals surface area (Å²) in [5, 5.41) is 2.84. The molecule has 1 N–H and O–H groups in total. The second kappa shape index (κ2) is 5.97. The standard InChI is InChI=1S/C12H11BrN2O2S/c1-17-11-5-2-8(6-14-11)7-15-12(16)9-3-4-10(13)18-9/h2-6H,7H2,1H3,(H,15,16). The van der Waals surface area contributed by atoms with Crippen molar-refractivity contribution in [2.75, 3.05) is 7.11 Å². The first-order valence-electron chi connectivity index (χ1n) is 5.21. The molecule has 2 aromatic rings. The minimum Gasteiger partial charge on any atom is -0.481 e. The van der Waals surface area contributed by atoms with Gasteiger partial charge in [-0.2, -0.15) is 0 Å². The predicted octanol–water partition coefficient (Wildman–Crippen LogP) is 2.84. The van der Waals surface area contributed by atoms with Crippen molar-refractivity contribution in [1.82, 2.24) is 10.3 Å². The third-order valence-electron chi connectivity index (χ3n) is 2.26. The number of pyridine rings is 1. The van der Waals surface area contributed by atoms with Gasteiger partial charge in [0.25, 0.3) is 5.91 Å². The Morgan fingerprint density at radius 3 is 2.83 bits per heavy atom. The molecule has 0 unspecified atom stereocenters. The molecule has 0 aromatic carbocycles. The number of hydrogen-bond acceptors (Lipinski definition) is 4. The van der Waals surface area contributed by atoms with Crippen molar-refractivity contribution in [3.05, 3.63) is 44.7 Å². The number of hydrogen-bond donors (Lipinski definition) is 1. The second-order valence-corrected chi connectivity index (χ2v) is 5.96. The lowest BCUT2D eigenvalue weighted by molar-refractivity contribution is 0.0955. The topological polar surface area (TPSA) is 51.2 Å². The zero-order chi connectivity index (χ0) is 13.0. The fourth-order valence-electron chi connectivity index (χ4n) is 1.34. The largest absolute Gasteiger partial charge is 0.481 e. The molecule has 18 heavy (non-hydrogen) atoms. The van der Waals surface area contributed by atoms with E-state index in [1.807, 2.05) is 12.1 Å². The molecule has 0 bridgehead atoms. The number of ether oxygens (including phenoxy) is 1. The van der Waals surface area contributed by atoms with Crippen LogP contribution in [0.1, 0.15) is 15.2 Å². The van der Waals surface area contributed by atoms with Crippen LogP contribution < -0.4 is 10.1 Å². The lowest BCUT2D eigenvalue weighted by Crippen LogP contribution is -2.21. The molecular weight excluding hydrogens is 316 g/mol. The normalized spacial score (nSPS) is 10.1. The molecule has 0 radical (unpaired) electrons. The summed E-state index contributed by atoms with van der Waals surface area (Å²) < 4.78 is 5.91. The van der Waals surface area contributed by atoms with E-state index in [2.05, 4.69) is 26.2 Å². The van der Waals surface area contributed by atoms with Crippen LogP contribution in [0.4, 0.5) is 0 Å². The van der Waals surface area contributed by atoms with E-state index in [0.717, 1.165) is 9.35 Å². The first-order chi connectivity index (χ1) is 8.69. The Labute approximate surface area is 117 Å². The van der Waals surface area contributed by atoms with Crippen LogP contribution in [0.3, 0.4) is 0 Å². The molecule has 0 atom stereocenters. The zero-order valence-electron chi connectivity index (χ0n) is 9.64. The van der Waals surface area contributed by atoms with Crippen LogP contribution >= 0.6 is 27.3 Å². The molecular formula is C12H11BrN2O2S. The summed E-state index contributed by atoms with van der Waals surface area (Å²) in [4.78, 5) is 16.5. The number of halogens is 1. The van der Waals surface area contributed by atoms with Gasteiger partial charge >= 0.3 is 0 Å². The molecule has 0 fully saturated rings. The number of rotatable bonds is 4. The van der Waals surface area contributed by atoms with Gasteiger partial charge in [0.2, 0.25) is 5.88 Å². The highest BCUT2D eigenvalue weighted by Crippen LogP contribution is 2.21. The van der Waals surface area contributed by atoms with Gasteiger partial charge in [-0.3, -0.25) is 4.79 Å². The molecule has 2 heterocycles. The fourth-order valence-corrected chi connectivity index (χ4v) is 2.64. The Hall–Kier alpha value is -1.40. The summed E-state index contributed by atoms with van der Waals surface area (Å²) in [6.45, 7) is 0.450. The lowest BCUT2D eigenvalue weighted by Gasteiger charge is -2.04. The van der Waals surface area contributed by atoms with Gasteiger partial charge < -0.3 is 10.1 Å². The maximum Gasteiger partial charge on any atom is 0.261 e. The minimum atomic E-state index is -0.0819. The van der Waals surface area contributed by atoms with Crippen molar-refractivity contribution in [1.29, 1.82) is 0 Å². The summed E-state index contributed by atoms with van der Waals surface area (Å²) in [5.74, 6) is 0.480.